The highest BCUT2D eigenvalue weighted by Gasteiger charge is 2.11. The molecule has 0 atom stereocenters. The van der Waals surface area contributed by atoms with E-state index < -0.39 is 0 Å². The van der Waals surface area contributed by atoms with Crippen LogP contribution in [0, 0.1) is 0 Å². The Kier molecular flexibility index (Phi) is 3.65. The van der Waals surface area contributed by atoms with Crippen LogP contribution in [0.2, 0.25) is 0 Å². The Morgan fingerprint density at radius 1 is 0.562 bits per heavy atom. The Morgan fingerprint density at radius 2 is 1.16 bits per heavy atom. The van der Waals surface area contributed by atoms with Crippen molar-refractivity contribution in [3.63, 3.8) is 0 Å². The average Bonchev–Trinajstić information content (AvgIpc) is 3.56. The van der Waals surface area contributed by atoms with Gasteiger partial charge in [-0.15, -0.1) is 0 Å². The van der Waals surface area contributed by atoms with Crippen LogP contribution in [0.15, 0.2) is 101 Å². The Balaban J connectivity index is 0.000000113. The Labute approximate surface area is 185 Å². The summed E-state index contributed by atoms with van der Waals surface area (Å²) in [7, 11) is 0. The average molecular weight is 433 g/mol. The summed E-state index contributed by atoms with van der Waals surface area (Å²) in [5.41, 5.74) is 7.49. The van der Waals surface area contributed by atoms with Crippen molar-refractivity contribution in [3.8, 4) is 0 Å². The highest BCUT2D eigenvalue weighted by atomic mass is 32.1. The number of imidazole rings is 2. The number of nitrogens with zero attached hydrogens (tertiary/aromatic N) is 4. The van der Waals surface area contributed by atoms with Crippen molar-refractivity contribution in [2.75, 3.05) is 0 Å². The third-order valence-electron chi connectivity index (χ3n) is 5.67. The van der Waals surface area contributed by atoms with Crippen molar-refractivity contribution in [2.24, 2.45) is 0 Å². The highest BCUT2D eigenvalue weighted by molar-refractivity contribution is 7.23. The van der Waals surface area contributed by atoms with E-state index in [0.29, 0.717) is 5.84 Å². The zero-order valence-electron chi connectivity index (χ0n) is 16.8. The molecule has 0 amide bonds. The molecule has 152 valence electrons. The summed E-state index contributed by atoms with van der Waals surface area (Å²) in [6.45, 7) is 0. The second-order valence-corrected chi connectivity index (χ2v) is 8.59. The van der Waals surface area contributed by atoms with Gasteiger partial charge in [-0.3, -0.25) is 8.80 Å². The highest BCUT2D eigenvalue weighted by Crippen LogP contribution is 2.29. The summed E-state index contributed by atoms with van der Waals surface area (Å²) in [6.07, 6.45) is 0. The fourth-order valence-electron chi connectivity index (χ4n) is 4.26. The molecular formula is C26H16N4OS. The number of hydrogen-bond acceptors (Lipinski definition) is 4. The minimum Gasteiger partial charge on any atom is -0.423 e. The van der Waals surface area contributed by atoms with Gasteiger partial charge in [0.15, 0.2) is 10.5 Å². The first kappa shape index (κ1) is 17.5. The molecule has 0 aliphatic carbocycles. The first-order valence-corrected chi connectivity index (χ1v) is 11.2. The molecule has 0 saturated heterocycles. The van der Waals surface area contributed by atoms with Crippen molar-refractivity contribution in [1.82, 2.24) is 18.8 Å². The molecule has 0 radical (unpaired) electrons. The van der Waals surface area contributed by atoms with Crippen LogP contribution >= 0.6 is 11.3 Å². The van der Waals surface area contributed by atoms with Gasteiger partial charge < -0.3 is 4.42 Å². The van der Waals surface area contributed by atoms with Crippen LogP contribution in [0.3, 0.4) is 0 Å². The maximum absolute atomic E-state index is 5.69. The number of thiazole rings is 1. The molecule has 4 heterocycles. The molecule has 0 aliphatic rings. The van der Waals surface area contributed by atoms with Crippen LogP contribution in [0.1, 0.15) is 0 Å². The van der Waals surface area contributed by atoms with Gasteiger partial charge in [-0.25, -0.2) is 4.98 Å². The Hall–Kier alpha value is -4.16. The van der Waals surface area contributed by atoms with Crippen molar-refractivity contribution < 1.29 is 4.42 Å². The number of oxazole rings is 1. The first-order chi connectivity index (χ1) is 15.9. The van der Waals surface area contributed by atoms with Crippen LogP contribution in [-0.2, 0) is 0 Å². The van der Waals surface area contributed by atoms with E-state index >= 15 is 0 Å². The van der Waals surface area contributed by atoms with Crippen molar-refractivity contribution in [2.45, 2.75) is 0 Å². The lowest BCUT2D eigenvalue weighted by molar-refractivity contribution is 0.643. The summed E-state index contributed by atoms with van der Waals surface area (Å²) in [5.74, 6) is 0.655. The minimum atomic E-state index is 0.655. The molecule has 0 N–H and O–H groups in total. The molecule has 5 nitrogen and oxygen atoms in total. The van der Waals surface area contributed by atoms with Crippen LogP contribution < -0.4 is 0 Å². The zero-order valence-corrected chi connectivity index (χ0v) is 17.7. The lowest BCUT2D eigenvalue weighted by atomic mass is 10.3. The van der Waals surface area contributed by atoms with E-state index in [4.69, 9.17) is 4.42 Å². The third-order valence-corrected chi connectivity index (χ3v) is 6.70. The number of benzene rings is 4. The van der Waals surface area contributed by atoms with Crippen molar-refractivity contribution in [1.29, 1.82) is 0 Å². The molecule has 0 aliphatic heterocycles. The van der Waals surface area contributed by atoms with E-state index in [1.54, 1.807) is 11.3 Å². The third kappa shape index (κ3) is 2.50. The largest absolute Gasteiger partial charge is 0.423 e. The zero-order chi connectivity index (χ0) is 21.1. The topological polar surface area (TPSA) is 47.7 Å². The number of rotatable bonds is 0. The Morgan fingerprint density at radius 3 is 1.97 bits per heavy atom. The van der Waals surface area contributed by atoms with Gasteiger partial charge in [0.05, 0.1) is 37.8 Å². The second kappa shape index (κ2) is 6.67. The first-order valence-electron chi connectivity index (χ1n) is 10.4. The quantitative estimate of drug-likeness (QED) is 0.261. The number of para-hydroxylation sites is 7. The normalized spacial score (nSPS) is 11.8. The van der Waals surface area contributed by atoms with Gasteiger partial charge in [0.2, 0.25) is 0 Å². The van der Waals surface area contributed by atoms with Gasteiger partial charge in [-0.05, 0) is 48.5 Å². The van der Waals surface area contributed by atoms with Gasteiger partial charge >= 0.3 is 5.84 Å². The van der Waals surface area contributed by atoms with Crippen molar-refractivity contribution >= 4 is 65.5 Å². The Bertz CT molecular complexity index is 1630. The van der Waals surface area contributed by atoms with E-state index in [-0.39, 0.29) is 0 Å². The molecule has 8 aromatic rings. The molecule has 6 heteroatoms. The van der Waals surface area contributed by atoms with Crippen LogP contribution in [0.4, 0.5) is 0 Å². The minimum absolute atomic E-state index is 0.655. The van der Waals surface area contributed by atoms with E-state index in [2.05, 4.69) is 62.9 Å². The van der Waals surface area contributed by atoms with E-state index in [0.717, 1.165) is 32.6 Å². The van der Waals surface area contributed by atoms with Crippen LogP contribution in [0.5, 0.6) is 0 Å². The number of hydrogen-bond donors (Lipinski definition) is 0. The number of aromatic nitrogens is 4. The summed E-state index contributed by atoms with van der Waals surface area (Å²) in [4.78, 5) is 10.2. The standard InChI is InChI=1S/C13H8N2O.C13H8N2S/c2*1-2-6-10-9(5-1)14-13-15(10)11-7-3-4-8-12(11)16-13/h2*1-8H. The molecule has 0 spiro atoms. The second-order valence-electron chi connectivity index (χ2n) is 7.58. The number of fused-ring (bicyclic) bond motifs is 10. The molecular weight excluding hydrogens is 416 g/mol. The SMILES string of the molecule is c1ccc2c(c1)nc1oc3ccccc3n12.c1ccc2c(c1)nc1sc3ccccc3n12. The van der Waals surface area contributed by atoms with Crippen molar-refractivity contribution in [3.05, 3.63) is 97.1 Å². The molecule has 0 bridgehead atoms. The summed E-state index contributed by atoms with van der Waals surface area (Å²) < 4.78 is 11.3. The lowest BCUT2D eigenvalue weighted by Crippen LogP contribution is -1.78. The van der Waals surface area contributed by atoms with Gasteiger partial charge in [0, 0.05) is 0 Å². The molecule has 4 aromatic carbocycles. The van der Waals surface area contributed by atoms with E-state index in [9.17, 15) is 0 Å². The lowest BCUT2D eigenvalue weighted by Gasteiger charge is -1.92. The molecule has 32 heavy (non-hydrogen) atoms. The monoisotopic (exact) mass is 432 g/mol. The smallest absolute Gasteiger partial charge is 0.307 e. The fraction of sp³-hybridized carbons (Fsp3) is 0. The fourth-order valence-corrected chi connectivity index (χ4v) is 5.30. The van der Waals surface area contributed by atoms with Gasteiger partial charge in [-0.2, -0.15) is 4.98 Å². The predicted octanol–water partition coefficient (Wildman–Crippen LogP) is 6.94. The van der Waals surface area contributed by atoms with Gasteiger partial charge in [0.25, 0.3) is 0 Å². The molecule has 8 rings (SSSR count). The molecule has 0 unspecified atom stereocenters. The van der Waals surface area contributed by atoms with Gasteiger partial charge in [-0.1, -0.05) is 59.9 Å². The maximum atomic E-state index is 5.69. The predicted molar refractivity (Wildman–Crippen MR) is 131 cm³/mol. The summed E-state index contributed by atoms with van der Waals surface area (Å²) in [6, 6.07) is 32.7. The van der Waals surface area contributed by atoms with Crippen LogP contribution in [-0.4, -0.2) is 18.8 Å². The summed E-state index contributed by atoms with van der Waals surface area (Å²) in [5, 5.41) is 0. The van der Waals surface area contributed by atoms with Crippen LogP contribution in [0.25, 0.3) is 54.2 Å². The maximum Gasteiger partial charge on any atom is 0.307 e. The van der Waals surface area contributed by atoms with E-state index in [1.807, 2.05) is 52.9 Å². The summed E-state index contributed by atoms with van der Waals surface area (Å²) >= 11 is 1.74. The van der Waals surface area contributed by atoms with E-state index in [1.165, 1.54) is 15.7 Å². The van der Waals surface area contributed by atoms with Gasteiger partial charge in [0.1, 0.15) is 0 Å². The molecule has 0 saturated carbocycles. The molecule has 0 fully saturated rings. The molecule has 4 aromatic heterocycles.